The van der Waals surface area contributed by atoms with E-state index in [1.54, 1.807) is 12.1 Å². The highest BCUT2D eigenvalue weighted by Gasteiger charge is 2.23. The Morgan fingerprint density at radius 1 is 0.763 bits per heavy atom. The number of hydrogen-bond donors (Lipinski definition) is 2. The zero-order valence-electron chi connectivity index (χ0n) is 22.4. The molecule has 9 heteroatoms. The van der Waals surface area contributed by atoms with Crippen LogP contribution < -0.4 is 18.9 Å². The molecule has 1 aromatic heterocycles. The number of benzene rings is 2. The second kappa shape index (κ2) is 12.3. The van der Waals surface area contributed by atoms with Gasteiger partial charge in [0.2, 0.25) is 0 Å². The van der Waals surface area contributed by atoms with Crippen LogP contribution in [-0.4, -0.2) is 41.4 Å². The lowest BCUT2D eigenvalue weighted by Gasteiger charge is -2.15. The number of methoxy groups -OCH3 is 2. The Morgan fingerprint density at radius 3 is 1.63 bits per heavy atom. The summed E-state index contributed by atoms with van der Waals surface area (Å²) in [6, 6.07) is 7.27. The van der Waals surface area contributed by atoms with E-state index in [1.165, 1.54) is 44.8 Å². The molecule has 0 atom stereocenters. The van der Waals surface area contributed by atoms with E-state index in [4.69, 9.17) is 18.9 Å². The molecular weight excluding hydrogens is 490 g/mol. The van der Waals surface area contributed by atoms with E-state index in [0.717, 1.165) is 0 Å². The van der Waals surface area contributed by atoms with Gasteiger partial charge in [-0.15, -0.1) is 0 Å². The number of phenolic OH excluding ortho intramolecular Hbond substituents is 2. The average Bonchev–Trinajstić information content (AvgIpc) is 2.86. The molecule has 0 aliphatic heterocycles. The second-order valence-electron chi connectivity index (χ2n) is 9.66. The second-order valence-corrected chi connectivity index (χ2v) is 9.66. The van der Waals surface area contributed by atoms with Gasteiger partial charge >= 0.3 is 11.9 Å². The van der Waals surface area contributed by atoms with Gasteiger partial charge in [-0.2, -0.15) is 0 Å². The smallest absolute Gasteiger partial charge is 0.345 e. The van der Waals surface area contributed by atoms with Crippen LogP contribution in [0.15, 0.2) is 42.7 Å². The molecule has 0 spiro atoms. The highest BCUT2D eigenvalue weighted by Crippen LogP contribution is 2.37. The van der Waals surface area contributed by atoms with Gasteiger partial charge in [-0.05, 0) is 42.9 Å². The molecule has 0 radical (unpaired) electrons. The Hall–Kier alpha value is -4.27. The fourth-order valence-corrected chi connectivity index (χ4v) is 3.95. The quantitative estimate of drug-likeness (QED) is 0.267. The number of carbonyl (C=O) groups is 2. The molecule has 38 heavy (non-hydrogen) atoms. The third-order valence-corrected chi connectivity index (χ3v) is 5.63. The van der Waals surface area contributed by atoms with Gasteiger partial charge in [0.1, 0.15) is 11.5 Å². The van der Waals surface area contributed by atoms with E-state index >= 15 is 0 Å². The summed E-state index contributed by atoms with van der Waals surface area (Å²) in [5.41, 5.74) is 0.958. The first-order valence-electron chi connectivity index (χ1n) is 12.2. The molecule has 0 bridgehead atoms. The lowest BCUT2D eigenvalue weighted by atomic mass is 10.0. The minimum atomic E-state index is -0.836. The summed E-state index contributed by atoms with van der Waals surface area (Å²) in [6.45, 7) is 7.98. The van der Waals surface area contributed by atoms with Crippen LogP contribution in [0.4, 0.5) is 0 Å². The highest BCUT2D eigenvalue weighted by atomic mass is 16.5. The van der Waals surface area contributed by atoms with E-state index in [0.29, 0.717) is 24.0 Å². The molecule has 0 amide bonds. The first-order chi connectivity index (χ1) is 18.0. The molecule has 0 aliphatic rings. The van der Waals surface area contributed by atoms with Gasteiger partial charge in [0.15, 0.2) is 23.0 Å². The molecule has 0 fully saturated rings. The average molecular weight is 524 g/mol. The molecule has 202 valence electrons. The summed E-state index contributed by atoms with van der Waals surface area (Å²) < 4.78 is 21.6. The van der Waals surface area contributed by atoms with Crippen molar-refractivity contribution in [3.05, 3.63) is 65.0 Å². The maximum Gasteiger partial charge on any atom is 0.345 e. The zero-order valence-corrected chi connectivity index (χ0v) is 22.4. The number of hydrogen-bond acceptors (Lipinski definition) is 9. The van der Waals surface area contributed by atoms with Crippen molar-refractivity contribution in [1.82, 2.24) is 4.98 Å². The van der Waals surface area contributed by atoms with Crippen molar-refractivity contribution in [3.8, 4) is 34.5 Å². The van der Waals surface area contributed by atoms with E-state index in [9.17, 15) is 19.8 Å². The lowest BCUT2D eigenvalue weighted by molar-refractivity contribution is 0.0690. The van der Waals surface area contributed by atoms with E-state index in [2.05, 4.69) is 4.98 Å². The summed E-state index contributed by atoms with van der Waals surface area (Å²) >= 11 is 0. The minimum absolute atomic E-state index is 0.0182. The molecular formula is C29H33NO8. The van der Waals surface area contributed by atoms with Crippen molar-refractivity contribution in [1.29, 1.82) is 0 Å². The first-order valence-corrected chi connectivity index (χ1v) is 12.2. The van der Waals surface area contributed by atoms with Crippen molar-refractivity contribution in [2.45, 2.75) is 40.5 Å². The van der Waals surface area contributed by atoms with E-state index < -0.39 is 11.9 Å². The summed E-state index contributed by atoms with van der Waals surface area (Å²) in [7, 11) is 2.81. The highest BCUT2D eigenvalue weighted by molar-refractivity contribution is 6.04. The monoisotopic (exact) mass is 523 g/mol. The Labute approximate surface area is 222 Å². The van der Waals surface area contributed by atoms with Crippen LogP contribution in [0.25, 0.3) is 0 Å². The van der Waals surface area contributed by atoms with Crippen molar-refractivity contribution in [2.24, 2.45) is 11.8 Å². The number of aromatic hydroxyl groups is 2. The van der Waals surface area contributed by atoms with Crippen molar-refractivity contribution in [3.63, 3.8) is 0 Å². The molecule has 2 N–H and O–H groups in total. The van der Waals surface area contributed by atoms with Gasteiger partial charge in [0.25, 0.3) is 0 Å². The van der Waals surface area contributed by atoms with E-state index in [-0.39, 0.29) is 57.5 Å². The van der Waals surface area contributed by atoms with Crippen molar-refractivity contribution >= 4 is 11.9 Å². The molecule has 0 saturated carbocycles. The predicted octanol–water partition coefficient (Wildman–Crippen LogP) is 5.35. The normalized spacial score (nSPS) is 10.9. The summed E-state index contributed by atoms with van der Waals surface area (Å²) in [5.74, 6) is -0.600. The molecule has 3 rings (SSSR count). The number of esters is 2. The van der Waals surface area contributed by atoms with Crippen LogP contribution in [0, 0.1) is 11.8 Å². The minimum Gasteiger partial charge on any atom is -0.504 e. The Kier molecular flexibility index (Phi) is 9.17. The molecule has 3 aromatic rings. The molecule has 1 heterocycles. The number of pyridine rings is 1. The Morgan fingerprint density at radius 2 is 1.21 bits per heavy atom. The maximum atomic E-state index is 13.1. The first kappa shape index (κ1) is 28.3. The number of rotatable bonds is 10. The van der Waals surface area contributed by atoms with Gasteiger partial charge in [-0.1, -0.05) is 27.7 Å². The maximum absolute atomic E-state index is 13.1. The SMILES string of the molecule is COc1cc(OC(=O)c2ccncc2C(=O)Oc2cc(CC(C)C)c(O)c(OC)c2)cc(CC(C)C)c1O. The topological polar surface area (TPSA) is 124 Å². The zero-order chi connectivity index (χ0) is 28.0. The standard InChI is InChI=1S/C29H33NO8/c1-16(2)9-18-11-20(13-24(35-5)26(18)31)37-28(33)22-7-8-30-15-23(22)29(34)38-21-12-19(10-17(3)4)27(32)25(14-21)36-6/h7-8,11-17,31-32H,9-10H2,1-6H3. The van der Waals surface area contributed by atoms with Crippen LogP contribution in [0.1, 0.15) is 59.5 Å². The summed E-state index contributed by atoms with van der Waals surface area (Å²) in [6.07, 6.45) is 3.65. The van der Waals surface area contributed by atoms with Crippen LogP contribution in [0.3, 0.4) is 0 Å². The predicted molar refractivity (Wildman–Crippen MR) is 141 cm³/mol. The number of phenols is 2. The summed E-state index contributed by atoms with van der Waals surface area (Å²) in [4.78, 5) is 30.2. The van der Waals surface area contributed by atoms with Gasteiger partial charge in [0, 0.05) is 35.7 Å². The fraction of sp³-hybridized carbons (Fsp3) is 0.345. The third kappa shape index (κ3) is 6.73. The molecule has 0 unspecified atom stereocenters. The van der Waals surface area contributed by atoms with E-state index in [1.807, 2.05) is 27.7 Å². The lowest BCUT2D eigenvalue weighted by Crippen LogP contribution is -2.18. The molecule has 0 aliphatic carbocycles. The van der Waals surface area contributed by atoms with Crippen LogP contribution >= 0.6 is 0 Å². The van der Waals surface area contributed by atoms with Crippen molar-refractivity contribution in [2.75, 3.05) is 14.2 Å². The van der Waals surface area contributed by atoms with Crippen LogP contribution in [0.2, 0.25) is 0 Å². The molecule has 2 aromatic carbocycles. The van der Waals surface area contributed by atoms with Gasteiger partial charge in [-0.25, -0.2) is 9.59 Å². The Balaban J connectivity index is 1.90. The number of carbonyl (C=O) groups excluding carboxylic acids is 2. The molecule has 9 nitrogen and oxygen atoms in total. The van der Waals surface area contributed by atoms with Crippen LogP contribution in [-0.2, 0) is 12.8 Å². The number of nitrogens with zero attached hydrogens (tertiary/aromatic N) is 1. The fourth-order valence-electron chi connectivity index (χ4n) is 3.95. The Bertz CT molecular complexity index is 1220. The van der Waals surface area contributed by atoms with Crippen molar-refractivity contribution < 1.29 is 38.7 Å². The summed E-state index contributed by atoms with van der Waals surface area (Å²) in [5, 5.41) is 20.9. The number of ether oxygens (including phenoxy) is 4. The van der Waals surface area contributed by atoms with Gasteiger partial charge in [-0.3, -0.25) is 4.98 Å². The number of aromatic nitrogens is 1. The largest absolute Gasteiger partial charge is 0.504 e. The van der Waals surface area contributed by atoms with Gasteiger partial charge < -0.3 is 29.2 Å². The third-order valence-electron chi connectivity index (χ3n) is 5.63. The van der Waals surface area contributed by atoms with Crippen LogP contribution in [0.5, 0.6) is 34.5 Å². The molecule has 0 saturated heterocycles. The van der Waals surface area contributed by atoms with Gasteiger partial charge in [0.05, 0.1) is 25.3 Å².